The molecule has 0 aliphatic carbocycles. The van der Waals surface area contributed by atoms with Crippen molar-refractivity contribution in [3.05, 3.63) is 21.4 Å². The Morgan fingerprint density at radius 2 is 2.33 bits per heavy atom. The van der Waals surface area contributed by atoms with Crippen LogP contribution < -0.4 is 0 Å². The van der Waals surface area contributed by atoms with Gasteiger partial charge >= 0.3 is 0 Å². The van der Waals surface area contributed by atoms with Crippen LogP contribution in [-0.2, 0) is 0 Å². The Bertz CT molecular complexity index is 323. The van der Waals surface area contributed by atoms with Gasteiger partial charge in [-0.25, -0.2) is 4.98 Å². The van der Waals surface area contributed by atoms with E-state index >= 15 is 0 Å². The lowest BCUT2D eigenvalue weighted by molar-refractivity contribution is 1.23. The van der Waals surface area contributed by atoms with E-state index in [0.29, 0.717) is 5.15 Å². The van der Waals surface area contributed by atoms with Crippen molar-refractivity contribution in [2.24, 2.45) is 4.99 Å². The van der Waals surface area contributed by atoms with E-state index < -0.39 is 0 Å². The Morgan fingerprint density at radius 1 is 1.67 bits per heavy atom. The third-order valence-corrected chi connectivity index (χ3v) is 2.40. The van der Waals surface area contributed by atoms with E-state index in [4.69, 9.17) is 11.6 Å². The third-order valence-electron chi connectivity index (χ3n) is 1.44. The maximum atomic E-state index is 5.82. The van der Waals surface area contributed by atoms with E-state index in [1.165, 1.54) is 0 Å². The predicted octanol–water partition coefficient (Wildman–Crippen LogP) is 3.53. The quantitative estimate of drug-likeness (QED) is 0.550. The fourth-order valence-electron chi connectivity index (χ4n) is 0.836. The molecule has 4 heteroatoms. The second-order valence-electron chi connectivity index (χ2n) is 2.26. The lowest BCUT2D eigenvalue weighted by atomic mass is 10.3. The van der Waals surface area contributed by atoms with Gasteiger partial charge in [-0.3, -0.25) is 4.99 Å². The maximum Gasteiger partial charge on any atom is 0.134 e. The van der Waals surface area contributed by atoms with E-state index in [2.05, 4.69) is 25.9 Å². The summed E-state index contributed by atoms with van der Waals surface area (Å²) in [5.74, 6) is 0. The highest BCUT2D eigenvalue weighted by Gasteiger charge is 2.05. The second kappa shape index (κ2) is 4.01. The van der Waals surface area contributed by atoms with Gasteiger partial charge in [0.2, 0.25) is 0 Å². The Labute approximate surface area is 84.8 Å². The first-order valence-corrected chi connectivity index (χ1v) is 4.63. The van der Waals surface area contributed by atoms with Crippen molar-refractivity contribution in [1.82, 2.24) is 4.98 Å². The number of aromatic nitrogens is 1. The molecule has 1 rings (SSSR count). The molecule has 0 N–H and O–H groups in total. The standard InChI is InChI=1S/C8H8BrClN2/c1-3-11-7-5(2)8(10)12-4-6(7)9/h3-4H,1-2H3. The fourth-order valence-corrected chi connectivity index (χ4v) is 1.48. The average Bonchev–Trinajstić information content (AvgIpc) is 2.06. The van der Waals surface area contributed by atoms with Gasteiger partial charge < -0.3 is 0 Å². The molecular weight excluding hydrogens is 239 g/mol. The van der Waals surface area contributed by atoms with Crippen molar-refractivity contribution in [3.63, 3.8) is 0 Å². The second-order valence-corrected chi connectivity index (χ2v) is 3.47. The number of rotatable bonds is 1. The molecule has 1 aromatic heterocycles. The molecule has 12 heavy (non-hydrogen) atoms. The smallest absolute Gasteiger partial charge is 0.134 e. The van der Waals surface area contributed by atoms with Crippen molar-refractivity contribution in [2.75, 3.05) is 0 Å². The monoisotopic (exact) mass is 246 g/mol. The predicted molar refractivity (Wildman–Crippen MR) is 55.5 cm³/mol. The number of halogens is 2. The number of hydrogen-bond donors (Lipinski definition) is 0. The fraction of sp³-hybridized carbons (Fsp3) is 0.250. The van der Waals surface area contributed by atoms with Crippen LogP contribution in [0.15, 0.2) is 15.7 Å². The van der Waals surface area contributed by atoms with Gasteiger partial charge in [-0.2, -0.15) is 0 Å². The van der Waals surface area contributed by atoms with Crippen LogP contribution in [0.2, 0.25) is 5.15 Å². The SMILES string of the molecule is CC=Nc1c(Br)cnc(Cl)c1C. The first-order chi connectivity index (χ1) is 5.66. The minimum Gasteiger partial charge on any atom is -0.260 e. The zero-order valence-electron chi connectivity index (χ0n) is 6.81. The summed E-state index contributed by atoms with van der Waals surface area (Å²) in [4.78, 5) is 8.14. The Hall–Kier alpha value is -0.410. The lowest BCUT2D eigenvalue weighted by Crippen LogP contribution is -1.83. The molecule has 0 atom stereocenters. The van der Waals surface area contributed by atoms with E-state index in [9.17, 15) is 0 Å². The van der Waals surface area contributed by atoms with Crippen molar-refractivity contribution < 1.29 is 0 Å². The molecule has 1 aromatic rings. The largest absolute Gasteiger partial charge is 0.260 e. The number of nitrogens with zero attached hydrogens (tertiary/aromatic N) is 2. The minimum atomic E-state index is 0.499. The Morgan fingerprint density at radius 3 is 2.92 bits per heavy atom. The summed E-state index contributed by atoms with van der Waals surface area (Å²) in [6.07, 6.45) is 3.38. The first kappa shape index (κ1) is 9.68. The van der Waals surface area contributed by atoms with Crippen LogP contribution in [0.1, 0.15) is 12.5 Å². The molecule has 0 aliphatic heterocycles. The van der Waals surface area contributed by atoms with Gasteiger partial charge in [0.15, 0.2) is 0 Å². The topological polar surface area (TPSA) is 25.2 Å². The average molecular weight is 248 g/mol. The molecule has 1 heterocycles. The number of aliphatic imine (C=N–C) groups is 1. The molecule has 0 spiro atoms. The van der Waals surface area contributed by atoms with Crippen LogP contribution in [-0.4, -0.2) is 11.2 Å². The number of pyridine rings is 1. The minimum absolute atomic E-state index is 0.499. The summed E-state index contributed by atoms with van der Waals surface area (Å²) in [5, 5.41) is 0.499. The van der Waals surface area contributed by atoms with Gasteiger partial charge in [0.1, 0.15) is 5.15 Å². The van der Waals surface area contributed by atoms with E-state index in [0.717, 1.165) is 15.7 Å². The molecule has 64 valence electrons. The summed E-state index contributed by atoms with van der Waals surface area (Å²) in [5.41, 5.74) is 1.74. The van der Waals surface area contributed by atoms with Crippen molar-refractivity contribution in [2.45, 2.75) is 13.8 Å². The molecule has 0 amide bonds. The van der Waals surface area contributed by atoms with Crippen molar-refractivity contribution >= 4 is 39.4 Å². The molecule has 0 saturated heterocycles. The molecule has 0 unspecified atom stereocenters. The van der Waals surface area contributed by atoms with Crippen LogP contribution in [0.25, 0.3) is 0 Å². The van der Waals surface area contributed by atoms with Gasteiger partial charge in [0.05, 0.1) is 10.2 Å². The normalized spacial score (nSPS) is 11.0. The molecule has 0 radical (unpaired) electrons. The van der Waals surface area contributed by atoms with Gasteiger partial charge in [0.25, 0.3) is 0 Å². The summed E-state index contributed by atoms with van der Waals surface area (Å²) < 4.78 is 0.863. The summed E-state index contributed by atoms with van der Waals surface area (Å²) in [7, 11) is 0. The molecule has 0 fully saturated rings. The van der Waals surface area contributed by atoms with Gasteiger partial charge in [0, 0.05) is 18.0 Å². The van der Waals surface area contributed by atoms with Crippen LogP contribution in [0.3, 0.4) is 0 Å². The zero-order valence-corrected chi connectivity index (χ0v) is 9.15. The van der Waals surface area contributed by atoms with Crippen molar-refractivity contribution in [3.8, 4) is 0 Å². The van der Waals surface area contributed by atoms with E-state index in [-0.39, 0.29) is 0 Å². The van der Waals surface area contributed by atoms with Gasteiger partial charge in [-0.15, -0.1) is 0 Å². The summed E-state index contributed by atoms with van der Waals surface area (Å²) in [6, 6.07) is 0. The maximum absolute atomic E-state index is 5.82. The molecule has 0 aliphatic rings. The van der Waals surface area contributed by atoms with Crippen LogP contribution in [0.5, 0.6) is 0 Å². The molecular formula is C8H8BrClN2. The molecule has 2 nitrogen and oxygen atoms in total. The highest BCUT2D eigenvalue weighted by Crippen LogP contribution is 2.31. The highest BCUT2D eigenvalue weighted by molar-refractivity contribution is 9.10. The molecule has 0 aromatic carbocycles. The number of hydrogen-bond acceptors (Lipinski definition) is 2. The highest BCUT2D eigenvalue weighted by atomic mass is 79.9. The summed E-state index contributed by atoms with van der Waals surface area (Å²) in [6.45, 7) is 3.75. The summed E-state index contributed by atoms with van der Waals surface area (Å²) >= 11 is 9.16. The zero-order chi connectivity index (χ0) is 9.14. The Balaban J connectivity index is 3.32. The molecule has 0 bridgehead atoms. The van der Waals surface area contributed by atoms with Crippen LogP contribution >= 0.6 is 27.5 Å². The van der Waals surface area contributed by atoms with Gasteiger partial charge in [-0.1, -0.05) is 11.6 Å². The Kier molecular flexibility index (Phi) is 3.23. The van der Waals surface area contributed by atoms with Crippen LogP contribution in [0.4, 0.5) is 5.69 Å². The van der Waals surface area contributed by atoms with E-state index in [1.807, 2.05) is 13.8 Å². The lowest BCUT2D eigenvalue weighted by Gasteiger charge is -2.03. The van der Waals surface area contributed by atoms with E-state index in [1.54, 1.807) is 12.4 Å². The van der Waals surface area contributed by atoms with Gasteiger partial charge in [-0.05, 0) is 29.8 Å². The molecule has 0 saturated carbocycles. The van der Waals surface area contributed by atoms with Crippen molar-refractivity contribution in [1.29, 1.82) is 0 Å². The third kappa shape index (κ3) is 1.84. The van der Waals surface area contributed by atoms with Crippen LogP contribution in [0, 0.1) is 6.92 Å². The first-order valence-electron chi connectivity index (χ1n) is 3.46.